The Morgan fingerprint density at radius 3 is 2.65 bits per heavy atom. The first-order chi connectivity index (χ1) is 16.0. The summed E-state index contributed by atoms with van der Waals surface area (Å²) in [4.78, 5) is 43.8. The number of amides is 2. The molecule has 34 heavy (non-hydrogen) atoms. The molecule has 0 saturated carbocycles. The topological polar surface area (TPSA) is 158 Å². The van der Waals surface area contributed by atoms with Crippen LogP contribution in [0.4, 0.5) is 4.79 Å². The van der Waals surface area contributed by atoms with Crippen molar-refractivity contribution in [1.82, 2.24) is 25.4 Å². The Balaban J connectivity index is 1.73. The summed E-state index contributed by atoms with van der Waals surface area (Å²) in [5.41, 5.74) is 0.305. The summed E-state index contributed by atoms with van der Waals surface area (Å²) in [5, 5.41) is 13.9. The Morgan fingerprint density at radius 2 is 2.03 bits per heavy atom. The Kier molecular flexibility index (Phi) is 7.58. The number of carboxylic acids is 1. The van der Waals surface area contributed by atoms with Gasteiger partial charge in [-0.3, -0.25) is 9.78 Å². The molecule has 1 aromatic rings. The number of nitrogens with one attached hydrogen (secondary N) is 2. The van der Waals surface area contributed by atoms with E-state index in [-0.39, 0.29) is 12.1 Å². The number of ether oxygens (including phenoxy) is 1. The second kappa shape index (κ2) is 10.1. The lowest BCUT2D eigenvalue weighted by molar-refractivity contribution is -0.153. The molecule has 0 aromatic carbocycles. The average Bonchev–Trinajstić information content (AvgIpc) is 2.96. The normalized spacial score (nSPS) is 26.3. The van der Waals surface area contributed by atoms with Gasteiger partial charge < -0.3 is 30.3 Å². The minimum absolute atomic E-state index is 0.0669. The molecule has 0 aliphatic carbocycles. The molecule has 0 bridgehead atoms. The minimum atomic E-state index is -4.26. The highest BCUT2D eigenvalue weighted by Crippen LogP contribution is 2.49. The Labute approximate surface area is 197 Å². The van der Waals surface area contributed by atoms with E-state index in [9.17, 15) is 27.9 Å². The number of carbonyl (C=O) groups excluding carboxylic acids is 2. The van der Waals surface area contributed by atoms with Crippen molar-refractivity contribution in [2.45, 2.75) is 23.1 Å². The number of fused-ring (bicyclic) bond motifs is 1. The highest BCUT2D eigenvalue weighted by molar-refractivity contribution is 7.94. The van der Waals surface area contributed by atoms with Crippen LogP contribution in [0, 0.1) is 0 Å². The summed E-state index contributed by atoms with van der Waals surface area (Å²) in [5.74, 6) is -2.20. The quantitative estimate of drug-likeness (QED) is 0.276. The van der Waals surface area contributed by atoms with E-state index in [4.69, 9.17) is 4.74 Å². The molecule has 3 atom stereocenters. The molecule has 3 heterocycles. The Morgan fingerprint density at radius 1 is 1.32 bits per heavy atom. The van der Waals surface area contributed by atoms with Crippen LogP contribution in [-0.4, -0.2) is 109 Å². The maximum atomic E-state index is 13.4. The number of pyridine rings is 1. The van der Waals surface area contributed by atoms with Gasteiger partial charge in [0, 0.05) is 32.4 Å². The zero-order chi connectivity index (χ0) is 25.1. The number of hydrogen-bond acceptors (Lipinski definition) is 9. The molecule has 0 spiro atoms. The van der Waals surface area contributed by atoms with Gasteiger partial charge in [-0.1, -0.05) is 6.07 Å². The van der Waals surface area contributed by atoms with E-state index >= 15 is 0 Å². The third kappa shape index (κ3) is 4.63. The number of rotatable bonds is 10. The fraction of sp³-hybridized carbons (Fsp3) is 0.524. The third-order valence-electron chi connectivity index (χ3n) is 6.02. The van der Waals surface area contributed by atoms with Gasteiger partial charge in [0.2, 0.25) is 0 Å². The number of carboxylic acid groups (broad SMARTS) is 1. The summed E-state index contributed by atoms with van der Waals surface area (Å²) in [7, 11) is -0.543. The molecule has 2 amide bonds. The molecule has 2 fully saturated rings. The summed E-state index contributed by atoms with van der Waals surface area (Å²) in [6, 6.07) is 3.25. The van der Waals surface area contributed by atoms with Crippen LogP contribution in [-0.2, 0) is 24.2 Å². The van der Waals surface area contributed by atoms with E-state index in [1.807, 2.05) is 19.0 Å². The molecule has 3 rings (SSSR count). The van der Waals surface area contributed by atoms with Gasteiger partial charge in [-0.25, -0.2) is 18.0 Å². The van der Waals surface area contributed by atoms with Gasteiger partial charge in [0.15, 0.2) is 21.3 Å². The number of nitrogens with zero attached hydrogens (tertiary/aromatic N) is 3. The van der Waals surface area contributed by atoms with Gasteiger partial charge in [0.05, 0.1) is 11.3 Å². The zero-order valence-electron chi connectivity index (χ0n) is 19.2. The van der Waals surface area contributed by atoms with Gasteiger partial charge in [0.25, 0.3) is 5.91 Å². The molecule has 13 heteroatoms. The standard InChI is InChI=1S/C21H29N5O7S/c1-21(13-33-20(30)24-9-11-25(3)10-8-22-2)16(19(28)29)26-17(27)15(18(26)34(21,31)32)12-14-6-4-5-7-23-14/h4-7,12,16,18,22H,8-11,13H2,1-3H3,(H,24,30)(H,28,29)/t16-,18+,21-/m0/s1. The highest BCUT2D eigenvalue weighted by atomic mass is 32.2. The first-order valence-electron chi connectivity index (χ1n) is 10.7. The zero-order valence-corrected chi connectivity index (χ0v) is 20.0. The van der Waals surface area contributed by atoms with Crippen molar-refractivity contribution in [3.8, 4) is 0 Å². The molecule has 1 aromatic heterocycles. The second-order valence-electron chi connectivity index (χ2n) is 8.43. The highest BCUT2D eigenvalue weighted by Gasteiger charge is 2.72. The van der Waals surface area contributed by atoms with Crippen LogP contribution in [0.3, 0.4) is 0 Å². The number of alkyl carbamates (subject to hydrolysis) is 1. The van der Waals surface area contributed by atoms with E-state index in [1.54, 1.807) is 18.2 Å². The molecule has 0 radical (unpaired) electrons. The molecule has 2 aliphatic rings. The molecule has 12 nitrogen and oxygen atoms in total. The number of hydrogen-bond donors (Lipinski definition) is 3. The summed E-state index contributed by atoms with van der Waals surface area (Å²) >= 11 is 0. The Bertz CT molecular complexity index is 1080. The van der Waals surface area contributed by atoms with Crippen molar-refractivity contribution in [3.05, 3.63) is 35.7 Å². The van der Waals surface area contributed by atoms with E-state index in [0.29, 0.717) is 12.2 Å². The van der Waals surface area contributed by atoms with Crippen LogP contribution >= 0.6 is 0 Å². The van der Waals surface area contributed by atoms with Crippen molar-refractivity contribution in [1.29, 1.82) is 0 Å². The van der Waals surface area contributed by atoms with Gasteiger partial charge in [0.1, 0.15) is 11.4 Å². The summed E-state index contributed by atoms with van der Waals surface area (Å²) in [6.45, 7) is 2.81. The molecular weight excluding hydrogens is 466 g/mol. The van der Waals surface area contributed by atoms with Gasteiger partial charge in [-0.05, 0) is 39.2 Å². The average molecular weight is 496 g/mol. The SMILES string of the molecule is CNCCN(C)CCNC(=O)OC[C@@]1(C)[C@H](C(=O)O)N2C(=O)C(=Cc3ccccn3)[C@H]2S1(=O)=O. The number of β-lactam (4-membered cyclic amide) rings is 1. The maximum Gasteiger partial charge on any atom is 0.407 e. The Hall–Kier alpha value is -3.03. The summed E-state index contributed by atoms with van der Waals surface area (Å²) in [6.07, 6.45) is 1.96. The number of aromatic nitrogens is 1. The number of sulfone groups is 1. The fourth-order valence-electron chi connectivity index (χ4n) is 4.04. The lowest BCUT2D eigenvalue weighted by Crippen LogP contribution is -2.59. The molecule has 2 saturated heterocycles. The van der Waals surface area contributed by atoms with Crippen molar-refractivity contribution in [2.24, 2.45) is 0 Å². The van der Waals surface area contributed by atoms with Crippen molar-refractivity contribution >= 4 is 33.9 Å². The second-order valence-corrected chi connectivity index (χ2v) is 10.9. The number of aliphatic carboxylic acids is 1. The summed E-state index contributed by atoms with van der Waals surface area (Å²) < 4.78 is 29.9. The molecule has 2 aliphatic heterocycles. The lowest BCUT2D eigenvalue weighted by Gasteiger charge is -2.37. The van der Waals surface area contributed by atoms with Crippen LogP contribution in [0.5, 0.6) is 0 Å². The molecule has 3 N–H and O–H groups in total. The predicted molar refractivity (Wildman–Crippen MR) is 122 cm³/mol. The monoisotopic (exact) mass is 495 g/mol. The van der Waals surface area contributed by atoms with Crippen LogP contribution in [0.2, 0.25) is 0 Å². The predicted octanol–water partition coefficient (Wildman–Crippen LogP) is -0.849. The van der Waals surface area contributed by atoms with Crippen LogP contribution in [0.15, 0.2) is 30.0 Å². The largest absolute Gasteiger partial charge is 0.480 e. The maximum absolute atomic E-state index is 13.4. The van der Waals surface area contributed by atoms with Crippen LogP contribution in [0.1, 0.15) is 12.6 Å². The first-order valence-corrected chi connectivity index (χ1v) is 12.2. The van der Waals surface area contributed by atoms with E-state index in [1.165, 1.54) is 19.2 Å². The molecule has 186 valence electrons. The smallest absolute Gasteiger partial charge is 0.407 e. The van der Waals surface area contributed by atoms with Crippen LogP contribution < -0.4 is 10.6 Å². The fourth-order valence-corrected chi connectivity index (χ4v) is 6.32. The van der Waals surface area contributed by atoms with Gasteiger partial charge >= 0.3 is 12.1 Å². The van der Waals surface area contributed by atoms with Crippen molar-refractivity contribution < 1.29 is 32.6 Å². The van der Waals surface area contributed by atoms with Gasteiger partial charge in [-0.15, -0.1) is 0 Å². The first kappa shape index (κ1) is 25.6. The van der Waals surface area contributed by atoms with Crippen molar-refractivity contribution in [3.63, 3.8) is 0 Å². The lowest BCUT2D eigenvalue weighted by atomic mass is 9.94. The minimum Gasteiger partial charge on any atom is -0.480 e. The molecular formula is C21H29N5O7S. The van der Waals surface area contributed by atoms with Crippen LogP contribution in [0.25, 0.3) is 6.08 Å². The van der Waals surface area contributed by atoms with Gasteiger partial charge in [-0.2, -0.15) is 0 Å². The number of carbonyl (C=O) groups is 3. The van der Waals surface area contributed by atoms with E-state index in [2.05, 4.69) is 15.6 Å². The molecule has 0 unspecified atom stereocenters. The van der Waals surface area contributed by atoms with E-state index < -0.39 is 50.6 Å². The van der Waals surface area contributed by atoms with Crippen molar-refractivity contribution in [2.75, 3.05) is 46.9 Å². The van der Waals surface area contributed by atoms with E-state index in [0.717, 1.165) is 18.0 Å². The number of likely N-dealkylation sites (N-methyl/N-ethyl adjacent to an activating group) is 2. The third-order valence-corrected chi connectivity index (χ3v) is 8.73.